The maximum absolute atomic E-state index is 5.67. The van der Waals surface area contributed by atoms with Crippen LogP contribution in [0.15, 0.2) is 0 Å². The van der Waals surface area contributed by atoms with Crippen LogP contribution in [0.3, 0.4) is 0 Å². The van der Waals surface area contributed by atoms with Gasteiger partial charge in [-0.05, 0) is 52.4 Å². The molecule has 0 radical (unpaired) electrons. The molecule has 1 aliphatic carbocycles. The summed E-state index contributed by atoms with van der Waals surface area (Å²) < 4.78 is 0. The lowest BCUT2D eigenvalue weighted by Gasteiger charge is -2.22. The highest BCUT2D eigenvalue weighted by Gasteiger charge is 2.13. The fourth-order valence-electron chi connectivity index (χ4n) is 2.78. The first-order chi connectivity index (χ1) is 10.4. The van der Waals surface area contributed by atoms with Crippen molar-refractivity contribution in [2.45, 2.75) is 115 Å². The summed E-state index contributed by atoms with van der Waals surface area (Å²) >= 11 is 0. The minimum atomic E-state index is 0.382. The van der Waals surface area contributed by atoms with Crippen LogP contribution in [0.25, 0.3) is 0 Å². The Balaban J connectivity index is 0.000000461. The molecular weight excluding hydrogens is 272 g/mol. The molecular formula is C18H42N4. The van der Waals surface area contributed by atoms with E-state index in [9.17, 15) is 0 Å². The second-order valence-corrected chi connectivity index (χ2v) is 7.33. The molecule has 0 heterocycles. The molecule has 0 bridgehead atoms. The quantitative estimate of drug-likeness (QED) is 0.491. The van der Waals surface area contributed by atoms with E-state index in [-0.39, 0.29) is 0 Å². The van der Waals surface area contributed by atoms with Gasteiger partial charge in [0.05, 0.1) is 0 Å². The maximum atomic E-state index is 5.67. The zero-order valence-corrected chi connectivity index (χ0v) is 15.1. The standard InChI is InChI=1S/C12H28N2.C6H14N2/c1-11(13)9-7-5-3-4-6-8-10-12(2)14;7-5-1-2-6(8)4-3-5/h11-12H,3-10,13-14H2,1-2H3;5-6H,1-4,7-8H2. The molecule has 0 aromatic carbocycles. The Kier molecular flexibility index (Phi) is 14.3. The molecule has 4 heteroatoms. The Morgan fingerprint density at radius 1 is 0.636 bits per heavy atom. The second kappa shape index (κ2) is 14.4. The third-order valence-electron chi connectivity index (χ3n) is 4.39. The number of hydrogen-bond donors (Lipinski definition) is 4. The molecule has 1 rings (SSSR count). The summed E-state index contributed by atoms with van der Waals surface area (Å²) in [6, 6.07) is 1.64. The van der Waals surface area contributed by atoms with Gasteiger partial charge in [0.2, 0.25) is 0 Å². The Morgan fingerprint density at radius 3 is 1.18 bits per heavy atom. The zero-order valence-electron chi connectivity index (χ0n) is 15.1. The number of nitrogens with two attached hydrogens (primary N) is 4. The third-order valence-corrected chi connectivity index (χ3v) is 4.39. The summed E-state index contributed by atoms with van der Waals surface area (Å²) in [5, 5.41) is 0. The van der Waals surface area contributed by atoms with Gasteiger partial charge in [-0.3, -0.25) is 0 Å². The monoisotopic (exact) mass is 314 g/mol. The molecule has 4 nitrogen and oxygen atoms in total. The molecule has 2 atom stereocenters. The first kappa shape index (κ1) is 21.8. The van der Waals surface area contributed by atoms with Crippen molar-refractivity contribution in [1.82, 2.24) is 0 Å². The van der Waals surface area contributed by atoms with E-state index in [0.717, 1.165) is 25.7 Å². The lowest BCUT2D eigenvalue weighted by Crippen LogP contribution is -2.33. The molecule has 0 saturated heterocycles. The second-order valence-electron chi connectivity index (χ2n) is 7.33. The summed E-state index contributed by atoms with van der Waals surface area (Å²) in [5.41, 5.74) is 22.6. The van der Waals surface area contributed by atoms with Crippen LogP contribution in [0.1, 0.15) is 90.9 Å². The van der Waals surface area contributed by atoms with Gasteiger partial charge in [0.25, 0.3) is 0 Å². The molecule has 1 aliphatic rings. The van der Waals surface area contributed by atoms with Gasteiger partial charge in [-0.15, -0.1) is 0 Å². The Bertz CT molecular complexity index is 199. The van der Waals surface area contributed by atoms with Crippen LogP contribution in [-0.4, -0.2) is 24.2 Å². The van der Waals surface area contributed by atoms with Crippen molar-refractivity contribution in [2.75, 3.05) is 0 Å². The Labute approximate surface area is 138 Å². The number of unbranched alkanes of at least 4 members (excludes halogenated alkanes) is 5. The van der Waals surface area contributed by atoms with Gasteiger partial charge < -0.3 is 22.9 Å². The van der Waals surface area contributed by atoms with Crippen molar-refractivity contribution in [3.63, 3.8) is 0 Å². The summed E-state index contributed by atoms with van der Waals surface area (Å²) in [5.74, 6) is 0. The van der Waals surface area contributed by atoms with E-state index >= 15 is 0 Å². The Morgan fingerprint density at radius 2 is 0.909 bits per heavy atom. The van der Waals surface area contributed by atoms with Crippen molar-refractivity contribution in [2.24, 2.45) is 22.9 Å². The molecule has 1 saturated carbocycles. The topological polar surface area (TPSA) is 104 Å². The molecule has 0 amide bonds. The van der Waals surface area contributed by atoms with Gasteiger partial charge >= 0.3 is 0 Å². The lowest BCUT2D eigenvalue weighted by molar-refractivity contribution is 0.395. The number of rotatable bonds is 9. The molecule has 134 valence electrons. The molecule has 2 unspecified atom stereocenters. The van der Waals surface area contributed by atoms with Crippen LogP contribution < -0.4 is 22.9 Å². The van der Waals surface area contributed by atoms with Gasteiger partial charge in [0.1, 0.15) is 0 Å². The van der Waals surface area contributed by atoms with Crippen LogP contribution >= 0.6 is 0 Å². The fourth-order valence-corrected chi connectivity index (χ4v) is 2.78. The van der Waals surface area contributed by atoms with Gasteiger partial charge in [0, 0.05) is 24.2 Å². The molecule has 22 heavy (non-hydrogen) atoms. The molecule has 8 N–H and O–H groups in total. The average Bonchev–Trinajstić information content (AvgIpc) is 2.45. The number of hydrogen-bond acceptors (Lipinski definition) is 4. The van der Waals surface area contributed by atoms with E-state index in [1.54, 1.807) is 0 Å². The Hall–Kier alpha value is -0.160. The minimum Gasteiger partial charge on any atom is -0.328 e. The summed E-state index contributed by atoms with van der Waals surface area (Å²) in [4.78, 5) is 0. The van der Waals surface area contributed by atoms with Crippen LogP contribution in [0.2, 0.25) is 0 Å². The van der Waals surface area contributed by atoms with Crippen LogP contribution in [0.5, 0.6) is 0 Å². The lowest BCUT2D eigenvalue weighted by atomic mass is 9.93. The minimum absolute atomic E-state index is 0.382. The largest absolute Gasteiger partial charge is 0.328 e. The van der Waals surface area contributed by atoms with Gasteiger partial charge in [0.15, 0.2) is 0 Å². The first-order valence-corrected chi connectivity index (χ1v) is 9.44. The highest BCUT2D eigenvalue weighted by atomic mass is 14.7. The van der Waals surface area contributed by atoms with Gasteiger partial charge in [-0.2, -0.15) is 0 Å². The van der Waals surface area contributed by atoms with E-state index in [2.05, 4.69) is 13.8 Å². The van der Waals surface area contributed by atoms with Crippen LogP contribution in [0, 0.1) is 0 Å². The molecule has 1 fully saturated rings. The van der Waals surface area contributed by atoms with E-state index in [0.29, 0.717) is 24.2 Å². The van der Waals surface area contributed by atoms with Gasteiger partial charge in [-0.25, -0.2) is 0 Å². The van der Waals surface area contributed by atoms with Crippen molar-refractivity contribution >= 4 is 0 Å². The highest BCUT2D eigenvalue weighted by molar-refractivity contribution is 4.75. The summed E-state index contributed by atoms with van der Waals surface area (Å²) in [6.45, 7) is 4.17. The first-order valence-electron chi connectivity index (χ1n) is 9.44. The third kappa shape index (κ3) is 16.2. The average molecular weight is 315 g/mol. The smallest absolute Gasteiger partial charge is 0.00399 e. The van der Waals surface area contributed by atoms with Crippen molar-refractivity contribution in [3.05, 3.63) is 0 Å². The van der Waals surface area contributed by atoms with E-state index in [1.165, 1.54) is 51.4 Å². The van der Waals surface area contributed by atoms with Crippen molar-refractivity contribution < 1.29 is 0 Å². The highest BCUT2D eigenvalue weighted by Crippen LogP contribution is 2.14. The van der Waals surface area contributed by atoms with E-state index in [1.807, 2.05) is 0 Å². The zero-order chi connectivity index (χ0) is 16.8. The normalized spacial score (nSPS) is 24.3. The molecule has 0 spiro atoms. The summed E-state index contributed by atoms with van der Waals surface area (Å²) in [7, 11) is 0. The molecule has 0 aromatic heterocycles. The van der Waals surface area contributed by atoms with E-state index < -0.39 is 0 Å². The predicted octanol–water partition coefficient (Wildman–Crippen LogP) is 3.02. The van der Waals surface area contributed by atoms with Crippen molar-refractivity contribution in [1.29, 1.82) is 0 Å². The molecule has 0 aromatic rings. The fraction of sp³-hybridized carbons (Fsp3) is 1.00. The van der Waals surface area contributed by atoms with Crippen molar-refractivity contribution in [3.8, 4) is 0 Å². The van der Waals surface area contributed by atoms with E-state index in [4.69, 9.17) is 22.9 Å². The predicted molar refractivity (Wildman–Crippen MR) is 98.7 cm³/mol. The molecule has 0 aliphatic heterocycles. The summed E-state index contributed by atoms with van der Waals surface area (Å²) in [6.07, 6.45) is 14.9. The van der Waals surface area contributed by atoms with Crippen LogP contribution in [0.4, 0.5) is 0 Å². The maximum Gasteiger partial charge on any atom is 0.00399 e. The van der Waals surface area contributed by atoms with Crippen LogP contribution in [-0.2, 0) is 0 Å². The SMILES string of the molecule is CC(N)CCCCCCCCC(C)N.NC1CCC(N)CC1. The van der Waals surface area contributed by atoms with Gasteiger partial charge in [-0.1, -0.05) is 38.5 Å².